The standard InChI is InChI=1S/C13H14F3NO3/c1-2-9-11(20-12(18)13(14,15)16)19-10-6-4-3-5-8(10)7-17-9/h3-6,9,11,17H,2,7H2,1H3/t9-,11?/m0/s1. The van der Waals surface area contributed by atoms with Crippen LogP contribution in [0.3, 0.4) is 0 Å². The first-order valence-electron chi connectivity index (χ1n) is 6.17. The van der Waals surface area contributed by atoms with Gasteiger partial charge in [0.25, 0.3) is 6.29 Å². The van der Waals surface area contributed by atoms with Gasteiger partial charge in [-0.05, 0) is 12.5 Å². The average molecular weight is 289 g/mol. The summed E-state index contributed by atoms with van der Waals surface area (Å²) in [5.74, 6) is -1.84. The first kappa shape index (κ1) is 14.6. The summed E-state index contributed by atoms with van der Waals surface area (Å²) in [6, 6.07) is 6.42. The summed E-state index contributed by atoms with van der Waals surface area (Å²) >= 11 is 0. The van der Waals surface area contributed by atoms with E-state index < -0.39 is 24.5 Å². The van der Waals surface area contributed by atoms with Crippen molar-refractivity contribution >= 4 is 5.97 Å². The first-order chi connectivity index (χ1) is 9.41. The van der Waals surface area contributed by atoms with E-state index in [9.17, 15) is 18.0 Å². The van der Waals surface area contributed by atoms with Gasteiger partial charge in [0.1, 0.15) is 5.75 Å². The summed E-state index contributed by atoms with van der Waals surface area (Å²) in [4.78, 5) is 11.0. The number of hydrogen-bond donors (Lipinski definition) is 1. The van der Waals surface area contributed by atoms with Gasteiger partial charge in [0.2, 0.25) is 0 Å². The predicted molar refractivity (Wildman–Crippen MR) is 63.9 cm³/mol. The molecule has 0 aromatic heterocycles. The Morgan fingerprint density at radius 2 is 2.15 bits per heavy atom. The number of carbonyl (C=O) groups excluding carboxylic acids is 1. The van der Waals surface area contributed by atoms with Crippen molar-refractivity contribution in [3.8, 4) is 5.75 Å². The van der Waals surface area contributed by atoms with Gasteiger partial charge in [-0.1, -0.05) is 25.1 Å². The molecule has 0 saturated carbocycles. The minimum atomic E-state index is -5.03. The van der Waals surface area contributed by atoms with E-state index in [-0.39, 0.29) is 0 Å². The lowest BCUT2D eigenvalue weighted by Crippen LogP contribution is -2.45. The molecular weight excluding hydrogens is 275 g/mol. The van der Waals surface area contributed by atoms with Crippen LogP contribution in [0.1, 0.15) is 18.9 Å². The highest BCUT2D eigenvalue weighted by atomic mass is 19.4. The van der Waals surface area contributed by atoms with Gasteiger partial charge in [-0.2, -0.15) is 13.2 Å². The van der Waals surface area contributed by atoms with E-state index in [0.29, 0.717) is 18.7 Å². The maximum absolute atomic E-state index is 12.3. The van der Waals surface area contributed by atoms with Crippen molar-refractivity contribution < 1.29 is 27.4 Å². The average Bonchev–Trinajstić information content (AvgIpc) is 2.56. The van der Waals surface area contributed by atoms with Crippen LogP contribution >= 0.6 is 0 Å². The molecule has 1 aliphatic rings. The smallest absolute Gasteiger partial charge is 0.453 e. The van der Waals surface area contributed by atoms with Crippen molar-refractivity contribution in [2.45, 2.75) is 38.4 Å². The minimum absolute atomic E-state index is 0.413. The number of carbonyl (C=O) groups is 1. The molecule has 1 aromatic carbocycles. The third kappa shape index (κ3) is 3.22. The quantitative estimate of drug-likeness (QED) is 0.849. The second-order valence-electron chi connectivity index (χ2n) is 4.39. The van der Waals surface area contributed by atoms with Crippen molar-refractivity contribution in [3.63, 3.8) is 0 Å². The summed E-state index contributed by atoms with van der Waals surface area (Å²) in [5, 5.41) is 3.02. The number of alkyl halides is 3. The molecule has 1 aromatic rings. The Hall–Kier alpha value is -1.76. The van der Waals surface area contributed by atoms with E-state index >= 15 is 0 Å². The molecule has 2 atom stereocenters. The van der Waals surface area contributed by atoms with Crippen LogP contribution in [0.2, 0.25) is 0 Å². The number of halogens is 3. The lowest BCUT2D eigenvalue weighted by atomic mass is 10.2. The molecule has 1 heterocycles. The van der Waals surface area contributed by atoms with E-state index in [1.165, 1.54) is 0 Å². The Labute approximate surface area is 113 Å². The van der Waals surface area contributed by atoms with Crippen LogP contribution in [0.4, 0.5) is 13.2 Å². The van der Waals surface area contributed by atoms with Crippen molar-refractivity contribution in [1.82, 2.24) is 5.32 Å². The Morgan fingerprint density at radius 1 is 1.45 bits per heavy atom. The van der Waals surface area contributed by atoms with Gasteiger partial charge in [-0.3, -0.25) is 0 Å². The molecule has 0 radical (unpaired) electrons. The van der Waals surface area contributed by atoms with E-state index in [1.54, 1.807) is 31.2 Å². The Balaban J connectivity index is 2.19. The van der Waals surface area contributed by atoms with E-state index in [2.05, 4.69) is 10.1 Å². The monoisotopic (exact) mass is 289 g/mol. The second kappa shape index (κ2) is 5.70. The maximum Gasteiger partial charge on any atom is 0.491 e. The predicted octanol–water partition coefficient (Wildman–Crippen LogP) is 2.38. The van der Waals surface area contributed by atoms with E-state index in [4.69, 9.17) is 4.74 Å². The van der Waals surface area contributed by atoms with Gasteiger partial charge in [0.05, 0.1) is 6.04 Å². The van der Waals surface area contributed by atoms with Gasteiger partial charge in [0.15, 0.2) is 0 Å². The van der Waals surface area contributed by atoms with Crippen molar-refractivity contribution in [2.24, 2.45) is 0 Å². The topological polar surface area (TPSA) is 47.6 Å². The normalized spacial score (nSPS) is 22.4. The zero-order valence-corrected chi connectivity index (χ0v) is 10.7. The molecule has 2 rings (SSSR count). The zero-order chi connectivity index (χ0) is 14.8. The number of para-hydroxylation sites is 1. The van der Waals surface area contributed by atoms with Gasteiger partial charge >= 0.3 is 12.1 Å². The van der Waals surface area contributed by atoms with E-state index in [0.717, 1.165) is 5.56 Å². The highest BCUT2D eigenvalue weighted by Gasteiger charge is 2.44. The summed E-state index contributed by atoms with van der Waals surface area (Å²) in [5.41, 5.74) is 0.802. The highest BCUT2D eigenvalue weighted by Crippen LogP contribution is 2.26. The molecule has 110 valence electrons. The number of hydrogen-bond acceptors (Lipinski definition) is 4. The Kier molecular flexibility index (Phi) is 4.17. The van der Waals surface area contributed by atoms with Crippen LogP contribution < -0.4 is 10.1 Å². The van der Waals surface area contributed by atoms with Crippen LogP contribution in [-0.4, -0.2) is 24.5 Å². The molecule has 0 spiro atoms. The van der Waals surface area contributed by atoms with Gasteiger partial charge in [-0.15, -0.1) is 0 Å². The number of fused-ring (bicyclic) bond motifs is 1. The Morgan fingerprint density at radius 3 is 2.80 bits per heavy atom. The highest BCUT2D eigenvalue weighted by molar-refractivity contribution is 5.75. The molecule has 7 heteroatoms. The van der Waals surface area contributed by atoms with Crippen LogP contribution in [0.25, 0.3) is 0 Å². The maximum atomic E-state index is 12.3. The molecule has 0 fully saturated rings. The van der Waals surface area contributed by atoms with Gasteiger partial charge < -0.3 is 14.8 Å². The van der Waals surface area contributed by atoms with Crippen molar-refractivity contribution in [1.29, 1.82) is 0 Å². The third-order valence-electron chi connectivity index (χ3n) is 2.99. The number of ether oxygens (including phenoxy) is 2. The fraction of sp³-hybridized carbons (Fsp3) is 0.462. The lowest BCUT2D eigenvalue weighted by Gasteiger charge is -2.25. The second-order valence-corrected chi connectivity index (χ2v) is 4.39. The largest absolute Gasteiger partial charge is 0.491 e. The molecular formula is C13H14F3NO3. The number of rotatable bonds is 2. The van der Waals surface area contributed by atoms with Crippen LogP contribution in [-0.2, 0) is 16.1 Å². The molecule has 1 N–H and O–H groups in total. The molecule has 0 amide bonds. The minimum Gasteiger partial charge on any atom is -0.453 e. The summed E-state index contributed by atoms with van der Waals surface area (Å²) < 4.78 is 46.7. The van der Waals surface area contributed by atoms with Crippen molar-refractivity contribution in [2.75, 3.05) is 0 Å². The third-order valence-corrected chi connectivity index (χ3v) is 2.99. The fourth-order valence-electron chi connectivity index (χ4n) is 1.92. The summed E-state index contributed by atoms with van der Waals surface area (Å²) in [6.45, 7) is 2.21. The molecule has 0 saturated heterocycles. The van der Waals surface area contributed by atoms with Gasteiger partial charge in [0, 0.05) is 12.1 Å². The molecule has 4 nitrogen and oxygen atoms in total. The summed E-state index contributed by atoms with van der Waals surface area (Å²) in [6.07, 6.45) is -5.88. The van der Waals surface area contributed by atoms with E-state index in [1.807, 2.05) is 0 Å². The molecule has 0 bridgehead atoms. The van der Waals surface area contributed by atoms with Crippen LogP contribution in [0.15, 0.2) is 24.3 Å². The molecule has 20 heavy (non-hydrogen) atoms. The number of nitrogens with one attached hydrogen (secondary N) is 1. The number of esters is 1. The van der Waals surface area contributed by atoms with Gasteiger partial charge in [-0.25, -0.2) is 4.79 Å². The number of benzene rings is 1. The summed E-state index contributed by atoms with van der Waals surface area (Å²) in [7, 11) is 0. The van der Waals surface area contributed by atoms with Crippen LogP contribution in [0, 0.1) is 0 Å². The molecule has 1 unspecified atom stereocenters. The van der Waals surface area contributed by atoms with Crippen LogP contribution in [0.5, 0.6) is 5.75 Å². The first-order valence-corrected chi connectivity index (χ1v) is 6.17. The zero-order valence-electron chi connectivity index (χ0n) is 10.7. The lowest BCUT2D eigenvalue weighted by molar-refractivity contribution is -0.218. The Bertz CT molecular complexity index is 490. The SMILES string of the molecule is CC[C@@H]1NCc2ccccc2OC1OC(=O)C(F)(F)F. The molecule has 1 aliphatic heterocycles. The van der Waals surface area contributed by atoms with Crippen molar-refractivity contribution in [3.05, 3.63) is 29.8 Å². The molecule has 0 aliphatic carbocycles. The fourth-order valence-corrected chi connectivity index (χ4v) is 1.92.